The van der Waals surface area contributed by atoms with Crippen LogP contribution < -0.4 is 0 Å². The van der Waals surface area contributed by atoms with E-state index < -0.39 is 24.2 Å². The second-order valence-corrected chi connectivity index (χ2v) is 37.4. The number of rotatable bonds is 39. The average Bonchev–Trinajstić information content (AvgIpc) is 3.17. The molecule has 0 nitrogen and oxygen atoms in total. The fraction of sp³-hybridized carbons (Fsp3) is 0.860. The van der Waals surface area contributed by atoms with Gasteiger partial charge in [0.15, 0.2) is 0 Å². The van der Waals surface area contributed by atoms with E-state index in [0.29, 0.717) is 0 Å². The molecular weight excluding hydrogens is 769 g/mol. The van der Waals surface area contributed by atoms with E-state index in [-0.39, 0.29) is 0 Å². The summed E-state index contributed by atoms with van der Waals surface area (Å²) < 4.78 is 0. The summed E-state index contributed by atoms with van der Waals surface area (Å²) >= 11 is 0. The molecule has 0 aliphatic heterocycles. The van der Waals surface area contributed by atoms with E-state index in [9.17, 15) is 0 Å². The Morgan fingerprint density at radius 2 is 0.517 bits per heavy atom. The van der Waals surface area contributed by atoms with Crippen LogP contribution in [-0.2, 0) is 0 Å². The van der Waals surface area contributed by atoms with Crippen molar-refractivity contribution in [3.05, 3.63) is 48.4 Å². The lowest BCUT2D eigenvalue weighted by Gasteiger charge is -2.11. The molecule has 0 bridgehead atoms. The molecule has 0 spiro atoms. The third kappa shape index (κ3) is 81.4. The van der Waals surface area contributed by atoms with E-state index in [1.54, 1.807) is 0 Å². The highest BCUT2D eigenvalue weighted by molar-refractivity contribution is 6.81. The first-order chi connectivity index (χ1) is 28.6. The molecule has 0 aromatic rings. The van der Waals surface area contributed by atoms with Gasteiger partial charge in [-0.25, -0.2) is 0 Å². The predicted octanol–water partition coefficient (Wildman–Crippen LogP) is 22.6. The van der Waals surface area contributed by atoms with Gasteiger partial charge in [-0.05, 0) is 57.4 Å². The smallest absolute Gasteiger partial charge is 0.0682 e. The summed E-state index contributed by atoms with van der Waals surface area (Å²) in [4.78, 5) is 0. The van der Waals surface area contributed by atoms with Crippen LogP contribution in [-0.4, -0.2) is 24.2 Å². The Morgan fingerprint density at radius 3 is 0.750 bits per heavy atom. The van der Waals surface area contributed by atoms with Crippen LogP contribution in [0.3, 0.4) is 0 Å². The van der Waals surface area contributed by atoms with Crippen molar-refractivity contribution in [2.75, 3.05) is 0 Å². The molecule has 0 atom stereocenters. The number of unbranched alkanes of at least 4 members (excludes halogenated alkanes) is 31. The van der Waals surface area contributed by atoms with Gasteiger partial charge < -0.3 is 0 Å². The lowest BCUT2D eigenvalue weighted by molar-refractivity contribution is 0.577. The first kappa shape index (κ1) is 66.2. The Hall–Kier alpha value is -0.389. The molecule has 0 radical (unpaired) electrons. The van der Waals surface area contributed by atoms with Crippen molar-refractivity contribution >= 4 is 24.2 Å². The van der Waals surface area contributed by atoms with Crippen molar-refractivity contribution in [2.45, 2.75) is 317 Å². The minimum absolute atomic E-state index is 0.834. The maximum Gasteiger partial charge on any atom is 0.0682 e. The lowest BCUT2D eigenvalue weighted by atomic mass is 10.1. The van der Waals surface area contributed by atoms with Gasteiger partial charge >= 0.3 is 0 Å². The highest BCUT2D eigenvalue weighted by Crippen LogP contribution is 2.14. The Labute approximate surface area is 388 Å². The molecule has 0 N–H and O–H groups in total. The summed E-state index contributed by atoms with van der Waals surface area (Å²) in [7, 11) is -2.69. The normalized spacial score (nSPS) is 12.0. The van der Waals surface area contributed by atoms with Crippen LogP contribution in [0.25, 0.3) is 0 Å². The van der Waals surface area contributed by atoms with E-state index in [1.165, 1.54) is 231 Å². The van der Waals surface area contributed by atoms with Crippen molar-refractivity contribution in [2.24, 2.45) is 0 Å². The molecule has 0 saturated carbocycles. The highest BCUT2D eigenvalue weighted by Gasteiger charge is 2.09. The van der Waals surface area contributed by atoms with Gasteiger partial charge in [-0.2, -0.15) is 0 Å². The second kappa shape index (κ2) is 53.0. The fourth-order valence-corrected chi connectivity index (χ4v) is 9.48. The molecule has 0 saturated heterocycles. The van der Waals surface area contributed by atoms with Gasteiger partial charge in [0.1, 0.15) is 0 Å². The van der Waals surface area contributed by atoms with Crippen LogP contribution in [0.15, 0.2) is 48.4 Å². The van der Waals surface area contributed by atoms with Crippen LogP contribution in [0.2, 0.25) is 65.0 Å². The molecule has 360 valence electrons. The van der Waals surface area contributed by atoms with Crippen molar-refractivity contribution in [3.8, 4) is 0 Å². The summed E-state index contributed by atoms with van der Waals surface area (Å²) in [6, 6.07) is 1.35. The van der Waals surface area contributed by atoms with Crippen LogP contribution in [0.1, 0.15) is 252 Å². The summed E-state index contributed by atoms with van der Waals surface area (Å²) in [6.07, 6.45) is 60.9. The molecular formula is C57H120Si3. The van der Waals surface area contributed by atoms with Crippen molar-refractivity contribution in [1.82, 2.24) is 0 Å². The van der Waals surface area contributed by atoms with Gasteiger partial charge in [0, 0.05) is 8.07 Å². The summed E-state index contributed by atoms with van der Waals surface area (Å²) in [6.45, 7) is 34.5. The van der Waals surface area contributed by atoms with E-state index in [0.717, 1.165) is 0 Å². The van der Waals surface area contributed by atoms with Crippen LogP contribution in [0, 0.1) is 0 Å². The third-order valence-electron chi connectivity index (χ3n) is 10.8. The van der Waals surface area contributed by atoms with Crippen molar-refractivity contribution in [1.29, 1.82) is 0 Å². The monoisotopic (exact) mass is 889 g/mol. The van der Waals surface area contributed by atoms with E-state index in [1.807, 2.05) is 6.08 Å². The molecule has 60 heavy (non-hydrogen) atoms. The molecule has 0 aliphatic carbocycles. The lowest BCUT2D eigenvalue weighted by Crippen LogP contribution is -2.17. The van der Waals surface area contributed by atoms with Gasteiger partial charge in [0.25, 0.3) is 0 Å². The molecule has 0 aromatic heterocycles. The van der Waals surface area contributed by atoms with Gasteiger partial charge in [0.2, 0.25) is 0 Å². The van der Waals surface area contributed by atoms with E-state index >= 15 is 0 Å². The Bertz CT molecular complexity index is 823. The van der Waals surface area contributed by atoms with Crippen LogP contribution >= 0.6 is 0 Å². The Kier molecular flexibility index (Phi) is 58.4. The molecule has 0 fully saturated rings. The van der Waals surface area contributed by atoms with Crippen molar-refractivity contribution < 1.29 is 0 Å². The van der Waals surface area contributed by atoms with Crippen LogP contribution in [0.5, 0.6) is 0 Å². The van der Waals surface area contributed by atoms with Gasteiger partial charge in [-0.15, -0.1) is 6.58 Å². The summed E-state index contributed by atoms with van der Waals surface area (Å²) in [5.41, 5.74) is 4.96. The molecule has 0 rings (SSSR count). The first-order valence-electron chi connectivity index (χ1n) is 27.2. The molecule has 0 aliphatic rings. The SMILES string of the molecule is C=CCCCCCCCCCC.CCCCCCCCC/C=C/C[Si](C)(C)C.CCCCCCCCCC/C=C/[Si](C)(C)C.CCCCCCCCCC/C=C\[Si](C)(C)C. The Balaban J connectivity index is -0.000000351. The first-order valence-corrected chi connectivity index (χ1v) is 38.1. The molecule has 0 unspecified atom stereocenters. The average molecular weight is 890 g/mol. The van der Waals surface area contributed by atoms with Gasteiger partial charge in [-0.1, -0.05) is 302 Å². The zero-order valence-corrected chi connectivity index (χ0v) is 47.7. The van der Waals surface area contributed by atoms with E-state index in [4.69, 9.17) is 0 Å². The number of hydrogen-bond acceptors (Lipinski definition) is 0. The minimum Gasteiger partial charge on any atom is -0.103 e. The van der Waals surface area contributed by atoms with Crippen molar-refractivity contribution in [3.63, 3.8) is 0 Å². The number of allylic oxidation sites excluding steroid dienone is 5. The van der Waals surface area contributed by atoms with E-state index in [2.05, 4.69) is 129 Å². The predicted molar refractivity (Wildman–Crippen MR) is 297 cm³/mol. The Morgan fingerprint density at radius 1 is 0.283 bits per heavy atom. The maximum atomic E-state index is 3.72. The summed E-state index contributed by atoms with van der Waals surface area (Å²) in [5, 5.41) is 0. The highest BCUT2D eigenvalue weighted by atomic mass is 28.3. The zero-order valence-electron chi connectivity index (χ0n) is 44.7. The molecule has 0 amide bonds. The second-order valence-electron chi connectivity index (χ2n) is 21.8. The quantitative estimate of drug-likeness (QED) is 0.0328. The third-order valence-corrected chi connectivity index (χ3v) is 14.7. The largest absolute Gasteiger partial charge is 0.103 e. The van der Waals surface area contributed by atoms with Crippen LogP contribution in [0.4, 0.5) is 0 Å². The zero-order chi connectivity index (χ0) is 45.9. The fourth-order valence-electron chi connectivity index (χ4n) is 6.86. The van der Waals surface area contributed by atoms with Gasteiger partial charge in [-0.3, -0.25) is 0 Å². The maximum absolute atomic E-state index is 3.72. The summed E-state index contributed by atoms with van der Waals surface area (Å²) in [5.74, 6) is 0. The standard InChI is InChI=1S/3C15H32Si.C12H24/c3*1-5-6-7-8-9-10-11-12-13-14-15-16(2,3)4;1-3-5-7-9-11-12-10-8-6-4-2/h2*14-15H,5-13H2,1-4H3;13-14H,5-12,15H2,1-4H3;3H,1,4-12H2,2H3/b15-14+;15-14-;14-13+;. The van der Waals surface area contributed by atoms with Gasteiger partial charge in [0.05, 0.1) is 16.1 Å². The number of hydrogen-bond donors (Lipinski definition) is 0. The molecule has 3 heteroatoms. The minimum atomic E-state index is -0.928. The topological polar surface area (TPSA) is 0 Å². The molecule has 0 heterocycles. The molecule has 0 aromatic carbocycles.